The predicted molar refractivity (Wildman–Crippen MR) is 51.4 cm³/mol. The molecule has 0 N–H and O–H groups in total. The first-order valence-electron chi connectivity index (χ1n) is 4.34. The standard InChI is InChI=1S/C10H6ClF5O/c1-4-2-5(6(11)3-7(4)12)8(17)10(15,16)9(13)14/h2-3,9H,1H3. The molecule has 0 spiro atoms. The molecule has 0 saturated carbocycles. The Labute approximate surface area is 98.2 Å². The summed E-state index contributed by atoms with van der Waals surface area (Å²) in [4.78, 5) is 11.2. The lowest BCUT2D eigenvalue weighted by molar-refractivity contribution is -0.0958. The average Bonchev–Trinajstić information content (AvgIpc) is 2.22. The maximum Gasteiger partial charge on any atom is 0.368 e. The Morgan fingerprint density at radius 2 is 1.88 bits per heavy atom. The van der Waals surface area contributed by atoms with Gasteiger partial charge in [-0.25, -0.2) is 13.2 Å². The largest absolute Gasteiger partial charge is 0.368 e. The van der Waals surface area contributed by atoms with Gasteiger partial charge in [0.2, 0.25) is 5.78 Å². The summed E-state index contributed by atoms with van der Waals surface area (Å²) in [7, 11) is 0. The Hall–Kier alpha value is -1.17. The molecule has 0 aliphatic carbocycles. The van der Waals surface area contributed by atoms with Crippen molar-refractivity contribution in [2.24, 2.45) is 0 Å². The molecule has 0 heterocycles. The van der Waals surface area contributed by atoms with E-state index in [2.05, 4.69) is 0 Å². The smallest absolute Gasteiger partial charge is 0.287 e. The second kappa shape index (κ2) is 4.60. The molecule has 0 aromatic heterocycles. The number of Topliss-reactive ketones (excluding diaryl/α,β-unsaturated/α-hetero) is 1. The van der Waals surface area contributed by atoms with Gasteiger partial charge >= 0.3 is 12.3 Å². The molecule has 0 fully saturated rings. The van der Waals surface area contributed by atoms with Gasteiger partial charge in [0.25, 0.3) is 0 Å². The van der Waals surface area contributed by atoms with E-state index >= 15 is 0 Å². The van der Waals surface area contributed by atoms with Crippen LogP contribution in [0.2, 0.25) is 5.02 Å². The van der Waals surface area contributed by atoms with Crippen LogP contribution in [0, 0.1) is 12.7 Å². The molecule has 1 aromatic rings. The fourth-order valence-electron chi connectivity index (χ4n) is 1.11. The van der Waals surface area contributed by atoms with Crippen LogP contribution in [0.1, 0.15) is 15.9 Å². The maximum absolute atomic E-state index is 12.9. The molecule has 7 heteroatoms. The number of ketones is 1. The summed E-state index contributed by atoms with van der Waals surface area (Å²) in [5, 5.41) is -0.626. The van der Waals surface area contributed by atoms with Crippen molar-refractivity contribution >= 4 is 17.4 Å². The fraction of sp³-hybridized carbons (Fsp3) is 0.300. The van der Waals surface area contributed by atoms with E-state index in [-0.39, 0.29) is 5.56 Å². The molecule has 0 saturated heterocycles. The summed E-state index contributed by atoms with van der Waals surface area (Å²) in [6, 6.07) is 1.35. The van der Waals surface area contributed by atoms with Crippen LogP contribution in [0.15, 0.2) is 12.1 Å². The van der Waals surface area contributed by atoms with E-state index in [4.69, 9.17) is 11.6 Å². The fourth-order valence-corrected chi connectivity index (χ4v) is 1.35. The number of alkyl halides is 4. The van der Waals surface area contributed by atoms with Gasteiger partial charge in [0.1, 0.15) is 5.82 Å². The van der Waals surface area contributed by atoms with Gasteiger partial charge in [-0.2, -0.15) is 8.78 Å². The third-order valence-electron chi connectivity index (χ3n) is 2.07. The number of hydrogen-bond acceptors (Lipinski definition) is 1. The number of hydrogen-bond donors (Lipinski definition) is 0. The van der Waals surface area contributed by atoms with Gasteiger partial charge < -0.3 is 0 Å². The van der Waals surface area contributed by atoms with Crippen LogP contribution in [0.4, 0.5) is 22.0 Å². The van der Waals surface area contributed by atoms with Crippen molar-refractivity contribution in [2.75, 3.05) is 0 Å². The summed E-state index contributed by atoms with van der Waals surface area (Å²) in [5.41, 5.74) is -0.960. The molecule has 94 valence electrons. The Balaban J connectivity index is 3.27. The number of halogens is 6. The lowest BCUT2D eigenvalue weighted by atomic mass is 10.0. The zero-order valence-corrected chi connectivity index (χ0v) is 9.16. The van der Waals surface area contributed by atoms with E-state index in [0.717, 1.165) is 6.07 Å². The summed E-state index contributed by atoms with van der Waals surface area (Å²) < 4.78 is 62.5. The zero-order chi connectivity index (χ0) is 13.4. The van der Waals surface area contributed by atoms with Crippen LogP contribution in [-0.2, 0) is 0 Å². The molecule has 17 heavy (non-hydrogen) atoms. The molecule has 0 aliphatic rings. The van der Waals surface area contributed by atoms with Crippen molar-refractivity contribution in [1.29, 1.82) is 0 Å². The third kappa shape index (κ3) is 2.57. The molecular weight excluding hydrogens is 267 g/mol. The molecule has 1 aromatic carbocycles. The molecule has 0 unspecified atom stereocenters. The highest BCUT2D eigenvalue weighted by Gasteiger charge is 2.49. The maximum atomic E-state index is 12.9. The van der Waals surface area contributed by atoms with Crippen LogP contribution in [0.25, 0.3) is 0 Å². The molecule has 0 amide bonds. The number of benzene rings is 1. The van der Waals surface area contributed by atoms with Crippen LogP contribution in [0.5, 0.6) is 0 Å². The SMILES string of the molecule is Cc1cc(C(=O)C(F)(F)C(F)F)c(Cl)cc1F. The average molecular weight is 273 g/mol. The van der Waals surface area contributed by atoms with E-state index in [0.29, 0.717) is 6.07 Å². The van der Waals surface area contributed by atoms with E-state index in [1.807, 2.05) is 0 Å². The molecule has 0 bridgehead atoms. The van der Waals surface area contributed by atoms with Crippen molar-refractivity contribution in [3.05, 3.63) is 34.1 Å². The van der Waals surface area contributed by atoms with Crippen molar-refractivity contribution < 1.29 is 26.7 Å². The molecule has 1 rings (SSSR count). The van der Waals surface area contributed by atoms with Gasteiger partial charge in [-0.15, -0.1) is 0 Å². The lowest BCUT2D eigenvalue weighted by Gasteiger charge is -2.15. The summed E-state index contributed by atoms with van der Waals surface area (Å²) in [6.07, 6.45) is -4.14. The Kier molecular flexibility index (Phi) is 3.76. The van der Waals surface area contributed by atoms with Gasteiger partial charge in [0.15, 0.2) is 0 Å². The van der Waals surface area contributed by atoms with Crippen LogP contribution in [-0.4, -0.2) is 18.1 Å². The first-order valence-corrected chi connectivity index (χ1v) is 4.72. The van der Waals surface area contributed by atoms with Gasteiger partial charge in [-0.1, -0.05) is 11.6 Å². The number of carbonyl (C=O) groups excluding carboxylic acids is 1. The molecule has 0 radical (unpaired) electrons. The highest BCUT2D eigenvalue weighted by molar-refractivity contribution is 6.34. The second-order valence-electron chi connectivity index (χ2n) is 3.33. The van der Waals surface area contributed by atoms with Crippen molar-refractivity contribution in [3.8, 4) is 0 Å². The minimum Gasteiger partial charge on any atom is -0.287 e. The number of carbonyl (C=O) groups is 1. The summed E-state index contributed by atoms with van der Waals surface area (Å²) in [5.74, 6) is -7.78. The monoisotopic (exact) mass is 272 g/mol. The van der Waals surface area contributed by atoms with E-state index < -0.39 is 34.5 Å². The minimum atomic E-state index is -4.84. The molecular formula is C10H6ClF5O. The van der Waals surface area contributed by atoms with Gasteiger partial charge in [-0.05, 0) is 24.6 Å². The van der Waals surface area contributed by atoms with E-state index in [1.54, 1.807) is 0 Å². The van der Waals surface area contributed by atoms with Gasteiger partial charge in [0.05, 0.1) is 5.02 Å². The van der Waals surface area contributed by atoms with Gasteiger partial charge in [-0.3, -0.25) is 4.79 Å². The topological polar surface area (TPSA) is 17.1 Å². The molecule has 1 nitrogen and oxygen atoms in total. The number of rotatable bonds is 3. The van der Waals surface area contributed by atoms with Gasteiger partial charge in [0, 0.05) is 5.56 Å². The summed E-state index contributed by atoms with van der Waals surface area (Å²) in [6.45, 7) is 1.20. The molecule has 0 atom stereocenters. The Morgan fingerprint density at radius 1 is 1.35 bits per heavy atom. The van der Waals surface area contributed by atoms with Crippen LogP contribution >= 0.6 is 11.6 Å². The minimum absolute atomic E-state index is 0.136. The third-order valence-corrected chi connectivity index (χ3v) is 2.38. The number of aryl methyl sites for hydroxylation is 1. The summed E-state index contributed by atoms with van der Waals surface area (Å²) >= 11 is 5.37. The van der Waals surface area contributed by atoms with Crippen molar-refractivity contribution in [1.82, 2.24) is 0 Å². The van der Waals surface area contributed by atoms with Crippen LogP contribution < -0.4 is 0 Å². The Morgan fingerprint density at radius 3 is 2.35 bits per heavy atom. The first-order chi connectivity index (χ1) is 7.67. The quantitative estimate of drug-likeness (QED) is 0.603. The van der Waals surface area contributed by atoms with Crippen molar-refractivity contribution in [3.63, 3.8) is 0 Å². The molecule has 0 aliphatic heterocycles. The highest BCUT2D eigenvalue weighted by atomic mass is 35.5. The van der Waals surface area contributed by atoms with Crippen LogP contribution in [0.3, 0.4) is 0 Å². The highest BCUT2D eigenvalue weighted by Crippen LogP contribution is 2.31. The predicted octanol–water partition coefficient (Wildman–Crippen LogP) is 3.87. The van der Waals surface area contributed by atoms with E-state index in [1.165, 1.54) is 6.92 Å². The van der Waals surface area contributed by atoms with E-state index in [9.17, 15) is 26.7 Å². The van der Waals surface area contributed by atoms with Crippen molar-refractivity contribution in [2.45, 2.75) is 19.3 Å². The normalized spacial score (nSPS) is 12.0. The zero-order valence-electron chi connectivity index (χ0n) is 8.41. The lowest BCUT2D eigenvalue weighted by Crippen LogP contribution is -2.36. The second-order valence-corrected chi connectivity index (χ2v) is 3.74. The Bertz CT molecular complexity index is 458. The first kappa shape index (κ1) is 13.9.